The van der Waals surface area contributed by atoms with E-state index in [1.807, 2.05) is 40.4 Å². The quantitative estimate of drug-likeness (QED) is 0.662. The molecule has 1 aromatic heterocycles. The van der Waals surface area contributed by atoms with Crippen molar-refractivity contribution in [1.82, 2.24) is 14.8 Å². The molecule has 2 amide bonds. The summed E-state index contributed by atoms with van der Waals surface area (Å²) in [6.45, 7) is 4.29. The molecule has 5 nitrogen and oxygen atoms in total. The summed E-state index contributed by atoms with van der Waals surface area (Å²) in [5, 5.41) is 3.04. The molecule has 1 saturated heterocycles. The number of hydrogen-bond donors (Lipinski definition) is 0. The van der Waals surface area contributed by atoms with E-state index in [1.165, 1.54) is 5.56 Å². The molecule has 6 heteroatoms. The highest BCUT2D eigenvalue weighted by molar-refractivity contribution is 7.09. The average Bonchev–Trinajstić information content (AvgIpc) is 3.18. The predicted molar refractivity (Wildman–Crippen MR) is 117 cm³/mol. The summed E-state index contributed by atoms with van der Waals surface area (Å²) >= 11 is 1.61. The third-order valence-corrected chi connectivity index (χ3v) is 6.45. The summed E-state index contributed by atoms with van der Waals surface area (Å²) in [5.74, 6) is 0.403. The highest BCUT2D eigenvalue weighted by Gasteiger charge is 2.29. The van der Waals surface area contributed by atoms with Crippen molar-refractivity contribution in [3.05, 3.63) is 52.0 Å². The fraction of sp³-hybridized carbons (Fsp3) is 0.522. The van der Waals surface area contributed by atoms with E-state index in [0.717, 1.165) is 49.4 Å². The highest BCUT2D eigenvalue weighted by atomic mass is 32.1. The van der Waals surface area contributed by atoms with Gasteiger partial charge in [0.05, 0.1) is 17.1 Å². The minimum absolute atomic E-state index is 0.0534. The first kappa shape index (κ1) is 21.5. The van der Waals surface area contributed by atoms with Crippen molar-refractivity contribution in [3.63, 3.8) is 0 Å². The lowest BCUT2D eigenvalue weighted by molar-refractivity contribution is -0.139. The number of carbonyl (C=O) groups is 2. The lowest BCUT2D eigenvalue weighted by Crippen LogP contribution is -2.44. The molecule has 0 atom stereocenters. The molecule has 1 aromatic carbocycles. The fourth-order valence-electron chi connectivity index (χ4n) is 3.74. The number of benzene rings is 1. The largest absolute Gasteiger partial charge is 0.346 e. The van der Waals surface area contributed by atoms with Gasteiger partial charge in [0, 0.05) is 44.4 Å². The van der Waals surface area contributed by atoms with Crippen LogP contribution in [0.2, 0.25) is 0 Å². The molecule has 3 rings (SSSR count). The lowest BCUT2D eigenvalue weighted by atomic mass is 9.95. The van der Waals surface area contributed by atoms with Gasteiger partial charge in [-0.25, -0.2) is 4.98 Å². The number of thiazole rings is 1. The van der Waals surface area contributed by atoms with Crippen LogP contribution in [0.15, 0.2) is 35.7 Å². The Labute approximate surface area is 177 Å². The third-order valence-electron chi connectivity index (χ3n) is 5.55. The Kier molecular flexibility index (Phi) is 7.81. The van der Waals surface area contributed by atoms with Crippen molar-refractivity contribution in [2.24, 2.45) is 5.92 Å². The van der Waals surface area contributed by atoms with Gasteiger partial charge >= 0.3 is 0 Å². The number of piperidine rings is 1. The zero-order valence-electron chi connectivity index (χ0n) is 17.5. The van der Waals surface area contributed by atoms with Crippen molar-refractivity contribution in [1.29, 1.82) is 0 Å². The molecule has 0 spiro atoms. The molecule has 2 heterocycles. The van der Waals surface area contributed by atoms with Crippen LogP contribution in [-0.4, -0.2) is 53.3 Å². The molecule has 0 aliphatic carbocycles. The van der Waals surface area contributed by atoms with Gasteiger partial charge in [-0.2, -0.15) is 0 Å². The summed E-state index contributed by atoms with van der Waals surface area (Å²) in [6, 6.07) is 10.3. The van der Waals surface area contributed by atoms with Gasteiger partial charge in [0.15, 0.2) is 0 Å². The van der Waals surface area contributed by atoms with Crippen LogP contribution in [0.1, 0.15) is 48.9 Å². The zero-order valence-corrected chi connectivity index (χ0v) is 18.3. The normalized spacial score (nSPS) is 14.8. The van der Waals surface area contributed by atoms with Crippen molar-refractivity contribution >= 4 is 23.2 Å². The lowest BCUT2D eigenvalue weighted by Gasteiger charge is -2.33. The highest BCUT2D eigenvalue weighted by Crippen LogP contribution is 2.21. The Bertz CT molecular complexity index is 797. The molecule has 0 saturated carbocycles. The van der Waals surface area contributed by atoms with E-state index in [0.29, 0.717) is 19.5 Å². The second kappa shape index (κ2) is 10.5. The van der Waals surface area contributed by atoms with Crippen molar-refractivity contribution < 1.29 is 9.59 Å². The average molecular weight is 414 g/mol. The maximum atomic E-state index is 12.7. The summed E-state index contributed by atoms with van der Waals surface area (Å²) in [4.78, 5) is 33.6. The second-order valence-corrected chi connectivity index (χ2v) is 8.78. The summed E-state index contributed by atoms with van der Waals surface area (Å²) < 4.78 is 0. The number of unbranched alkanes of at least 4 members (excludes halogenated alkanes) is 1. The van der Waals surface area contributed by atoms with Crippen LogP contribution in [-0.2, 0) is 22.4 Å². The standard InChI is InChI=1S/C23H31N3O2S/c1-3-4-12-25(2)23(28)19-10-13-26(14-11-19)22(27)16-20-17-29-21(24-20)15-18-8-6-5-7-9-18/h5-9,17,19H,3-4,10-16H2,1-2H3. The van der Waals surface area contributed by atoms with Crippen molar-refractivity contribution in [3.8, 4) is 0 Å². The first-order chi connectivity index (χ1) is 14.1. The first-order valence-corrected chi connectivity index (χ1v) is 11.4. The molecule has 0 unspecified atom stereocenters. The van der Waals surface area contributed by atoms with E-state index in [2.05, 4.69) is 24.0 Å². The maximum Gasteiger partial charge on any atom is 0.228 e. The number of carbonyl (C=O) groups excluding carboxylic acids is 2. The topological polar surface area (TPSA) is 53.5 Å². The van der Waals surface area contributed by atoms with Crippen LogP contribution in [0.4, 0.5) is 0 Å². The van der Waals surface area contributed by atoms with E-state index >= 15 is 0 Å². The van der Waals surface area contributed by atoms with Crippen LogP contribution in [0.3, 0.4) is 0 Å². The minimum Gasteiger partial charge on any atom is -0.346 e. The molecule has 0 bridgehead atoms. The molecule has 2 aromatic rings. The number of aromatic nitrogens is 1. The van der Waals surface area contributed by atoms with E-state index in [9.17, 15) is 9.59 Å². The number of rotatable bonds is 8. The van der Waals surface area contributed by atoms with Crippen LogP contribution in [0, 0.1) is 5.92 Å². The van der Waals surface area contributed by atoms with Crippen molar-refractivity contribution in [2.45, 2.75) is 45.4 Å². The molecule has 29 heavy (non-hydrogen) atoms. The van der Waals surface area contributed by atoms with Gasteiger partial charge in [-0.15, -0.1) is 11.3 Å². The minimum atomic E-state index is 0.0534. The van der Waals surface area contributed by atoms with Gasteiger partial charge in [0.2, 0.25) is 11.8 Å². The molecule has 1 aliphatic rings. The Hall–Kier alpha value is -2.21. The fourth-order valence-corrected chi connectivity index (χ4v) is 4.57. The van der Waals surface area contributed by atoms with Gasteiger partial charge in [-0.3, -0.25) is 9.59 Å². The Balaban J connectivity index is 1.46. The van der Waals surface area contributed by atoms with Gasteiger partial charge in [0.25, 0.3) is 0 Å². The first-order valence-electron chi connectivity index (χ1n) is 10.6. The van der Waals surface area contributed by atoms with E-state index < -0.39 is 0 Å². The summed E-state index contributed by atoms with van der Waals surface area (Å²) in [7, 11) is 1.89. The molecular formula is C23H31N3O2S. The molecule has 0 N–H and O–H groups in total. The monoisotopic (exact) mass is 413 g/mol. The third kappa shape index (κ3) is 6.13. The Morgan fingerprint density at radius 1 is 1.21 bits per heavy atom. The van der Waals surface area contributed by atoms with Crippen molar-refractivity contribution in [2.75, 3.05) is 26.7 Å². The SMILES string of the molecule is CCCCN(C)C(=O)C1CCN(C(=O)Cc2csc(Cc3ccccc3)n2)CC1. The maximum absolute atomic E-state index is 12.7. The number of hydrogen-bond acceptors (Lipinski definition) is 4. The summed E-state index contributed by atoms with van der Waals surface area (Å²) in [5.41, 5.74) is 2.08. The molecule has 1 aliphatic heterocycles. The Morgan fingerprint density at radius 3 is 2.62 bits per heavy atom. The van der Waals surface area contributed by atoms with E-state index in [4.69, 9.17) is 0 Å². The number of amides is 2. The van der Waals surface area contributed by atoms with Crippen LogP contribution < -0.4 is 0 Å². The second-order valence-electron chi connectivity index (χ2n) is 7.84. The van der Waals surface area contributed by atoms with E-state index in [-0.39, 0.29) is 17.7 Å². The molecule has 156 valence electrons. The predicted octanol–water partition coefficient (Wildman–Crippen LogP) is 3.77. The molecular weight excluding hydrogens is 382 g/mol. The van der Waals surface area contributed by atoms with E-state index in [1.54, 1.807) is 11.3 Å². The summed E-state index contributed by atoms with van der Waals surface area (Å²) in [6.07, 6.45) is 4.81. The number of likely N-dealkylation sites (tertiary alicyclic amines) is 1. The number of nitrogens with zero attached hydrogens (tertiary/aromatic N) is 3. The van der Waals surface area contributed by atoms with Gasteiger partial charge < -0.3 is 9.80 Å². The van der Waals surface area contributed by atoms with Crippen LogP contribution >= 0.6 is 11.3 Å². The molecule has 1 fully saturated rings. The van der Waals surface area contributed by atoms with Gasteiger partial charge in [0.1, 0.15) is 0 Å². The Morgan fingerprint density at radius 2 is 1.93 bits per heavy atom. The molecule has 0 radical (unpaired) electrons. The van der Waals surface area contributed by atoms with Gasteiger partial charge in [-0.1, -0.05) is 43.7 Å². The van der Waals surface area contributed by atoms with Crippen LogP contribution in [0.5, 0.6) is 0 Å². The van der Waals surface area contributed by atoms with Gasteiger partial charge in [-0.05, 0) is 24.8 Å². The zero-order chi connectivity index (χ0) is 20.6. The van der Waals surface area contributed by atoms with Crippen LogP contribution in [0.25, 0.3) is 0 Å². The smallest absolute Gasteiger partial charge is 0.228 e.